The van der Waals surface area contributed by atoms with Crippen molar-refractivity contribution in [2.45, 2.75) is 33.0 Å². The molecule has 0 atom stereocenters. The van der Waals surface area contributed by atoms with E-state index in [1.165, 1.54) is 0 Å². The first-order valence-electron chi connectivity index (χ1n) is 7.46. The van der Waals surface area contributed by atoms with Crippen LogP contribution in [0.2, 0.25) is 0 Å². The van der Waals surface area contributed by atoms with E-state index in [1.807, 2.05) is 13.8 Å². The molecule has 1 N–H and O–H groups in total. The molecule has 2 aromatic rings. The average Bonchev–Trinajstić information content (AvgIpc) is 2.87. The molecule has 24 heavy (non-hydrogen) atoms. The van der Waals surface area contributed by atoms with Crippen molar-refractivity contribution in [2.75, 3.05) is 19.8 Å². The summed E-state index contributed by atoms with van der Waals surface area (Å²) in [7, 11) is 0. The van der Waals surface area contributed by atoms with E-state index in [4.69, 9.17) is 0 Å². The third-order valence-electron chi connectivity index (χ3n) is 3.29. The summed E-state index contributed by atoms with van der Waals surface area (Å²) in [5, 5.41) is 7.49. The molecule has 9 heteroatoms. The Kier molecular flexibility index (Phi) is 5.43. The Bertz CT molecular complexity index is 725. The number of hydrogen-bond acceptors (Lipinski definition) is 4. The quantitative estimate of drug-likeness (QED) is 0.818. The van der Waals surface area contributed by atoms with Crippen molar-refractivity contribution >= 4 is 16.9 Å². The molecule has 2 rings (SSSR count). The van der Waals surface area contributed by atoms with E-state index in [2.05, 4.69) is 20.1 Å². The smallest absolute Gasteiger partial charge is 0.370 e. The molecule has 0 fully saturated rings. The molecule has 0 aliphatic carbocycles. The van der Waals surface area contributed by atoms with Gasteiger partial charge in [-0.25, -0.2) is 9.67 Å². The molecule has 0 unspecified atom stereocenters. The Hall–Kier alpha value is -2.16. The Morgan fingerprint density at radius 3 is 2.75 bits per heavy atom. The number of ether oxygens (including phenoxy) is 1. The lowest BCUT2D eigenvalue weighted by Gasteiger charge is -2.10. The first kappa shape index (κ1) is 18.2. The number of carbonyl (C=O) groups excluding carboxylic acids is 1. The van der Waals surface area contributed by atoms with Crippen LogP contribution in [0, 0.1) is 6.92 Å². The summed E-state index contributed by atoms with van der Waals surface area (Å²) in [5.41, 5.74) is 1.58. The van der Waals surface area contributed by atoms with Gasteiger partial charge in [0.25, 0.3) is 5.91 Å². The van der Waals surface area contributed by atoms with E-state index >= 15 is 0 Å². The molecule has 2 heterocycles. The molecule has 6 nitrogen and oxygen atoms in total. The van der Waals surface area contributed by atoms with Gasteiger partial charge in [-0.3, -0.25) is 4.79 Å². The zero-order valence-electron chi connectivity index (χ0n) is 13.6. The number of fused-ring (bicyclic) bond motifs is 1. The van der Waals surface area contributed by atoms with Crippen LogP contribution in [-0.2, 0) is 4.74 Å². The molecule has 0 spiro atoms. The normalized spacial score (nSPS) is 12.1. The first-order valence-corrected chi connectivity index (χ1v) is 7.46. The SMILES string of the molecule is Cc1nc2c(cnn2C(C)C)cc1C(=O)NCCOCC(F)(F)F. The number of aromatic nitrogens is 3. The zero-order chi connectivity index (χ0) is 17.9. The molecule has 2 aromatic heterocycles. The van der Waals surface area contributed by atoms with E-state index in [0.29, 0.717) is 16.9 Å². The lowest BCUT2D eigenvalue weighted by Crippen LogP contribution is -2.29. The summed E-state index contributed by atoms with van der Waals surface area (Å²) < 4.78 is 42.0. The van der Waals surface area contributed by atoms with Crippen molar-refractivity contribution in [3.05, 3.63) is 23.5 Å². The number of amides is 1. The van der Waals surface area contributed by atoms with E-state index in [-0.39, 0.29) is 19.2 Å². The zero-order valence-corrected chi connectivity index (χ0v) is 13.6. The van der Waals surface area contributed by atoms with E-state index < -0.39 is 18.7 Å². The monoisotopic (exact) mass is 344 g/mol. The Morgan fingerprint density at radius 1 is 1.42 bits per heavy atom. The predicted octanol–water partition coefficient (Wildman–Crippen LogP) is 2.63. The van der Waals surface area contributed by atoms with Gasteiger partial charge < -0.3 is 10.1 Å². The lowest BCUT2D eigenvalue weighted by atomic mass is 10.1. The minimum Gasteiger partial charge on any atom is -0.370 e. The van der Waals surface area contributed by atoms with Crippen LogP contribution in [0.25, 0.3) is 11.0 Å². The van der Waals surface area contributed by atoms with Gasteiger partial charge in [0.05, 0.1) is 24.1 Å². The third kappa shape index (κ3) is 4.44. The second-order valence-electron chi connectivity index (χ2n) is 5.64. The molecule has 1 amide bonds. The van der Waals surface area contributed by atoms with Crippen LogP contribution in [0.4, 0.5) is 13.2 Å². The van der Waals surface area contributed by atoms with Crippen molar-refractivity contribution in [2.24, 2.45) is 0 Å². The maximum absolute atomic E-state index is 12.2. The highest BCUT2D eigenvalue weighted by Gasteiger charge is 2.27. The van der Waals surface area contributed by atoms with Gasteiger partial charge in [0.15, 0.2) is 5.65 Å². The Balaban J connectivity index is 2.01. The third-order valence-corrected chi connectivity index (χ3v) is 3.29. The number of halogens is 3. The second kappa shape index (κ2) is 7.16. The first-order chi connectivity index (χ1) is 11.2. The molecular formula is C15H19F3N4O2. The van der Waals surface area contributed by atoms with Crippen molar-refractivity contribution in [3.63, 3.8) is 0 Å². The van der Waals surface area contributed by atoms with Crippen LogP contribution in [0.1, 0.15) is 35.9 Å². The van der Waals surface area contributed by atoms with E-state index in [1.54, 1.807) is 23.9 Å². The van der Waals surface area contributed by atoms with Gasteiger partial charge in [-0.05, 0) is 26.8 Å². The van der Waals surface area contributed by atoms with E-state index in [0.717, 1.165) is 5.39 Å². The fourth-order valence-corrected chi connectivity index (χ4v) is 2.19. The molecule has 0 bridgehead atoms. The average molecular weight is 344 g/mol. The molecule has 0 saturated heterocycles. The number of nitrogens with zero attached hydrogens (tertiary/aromatic N) is 3. The van der Waals surface area contributed by atoms with Crippen molar-refractivity contribution < 1.29 is 22.7 Å². The van der Waals surface area contributed by atoms with Crippen LogP contribution in [0.5, 0.6) is 0 Å². The van der Waals surface area contributed by atoms with Gasteiger partial charge in [-0.1, -0.05) is 0 Å². The highest BCUT2D eigenvalue weighted by Crippen LogP contribution is 2.19. The van der Waals surface area contributed by atoms with Crippen LogP contribution in [-0.4, -0.2) is 46.6 Å². The fraction of sp³-hybridized carbons (Fsp3) is 0.533. The van der Waals surface area contributed by atoms with Gasteiger partial charge in [0.2, 0.25) is 0 Å². The van der Waals surface area contributed by atoms with Crippen LogP contribution in [0.15, 0.2) is 12.3 Å². The predicted molar refractivity (Wildman–Crippen MR) is 81.9 cm³/mol. The van der Waals surface area contributed by atoms with Crippen molar-refractivity contribution in [1.82, 2.24) is 20.1 Å². The standard InChI is InChI=1S/C15H19F3N4O2/c1-9(2)22-13-11(7-20-22)6-12(10(3)21-13)14(23)19-4-5-24-8-15(16,17)18/h6-7,9H,4-5,8H2,1-3H3,(H,19,23). The summed E-state index contributed by atoms with van der Waals surface area (Å²) in [6, 6.07) is 1.81. The van der Waals surface area contributed by atoms with Crippen molar-refractivity contribution in [3.8, 4) is 0 Å². The Labute approximate surface area is 137 Å². The molecule has 0 aliphatic heterocycles. The maximum atomic E-state index is 12.2. The number of hydrogen-bond donors (Lipinski definition) is 1. The maximum Gasteiger partial charge on any atom is 0.411 e. The highest BCUT2D eigenvalue weighted by molar-refractivity contribution is 5.98. The van der Waals surface area contributed by atoms with E-state index in [9.17, 15) is 18.0 Å². The molecular weight excluding hydrogens is 325 g/mol. The number of carbonyl (C=O) groups is 1. The summed E-state index contributed by atoms with van der Waals surface area (Å²) in [5.74, 6) is -0.408. The van der Waals surface area contributed by atoms with Crippen LogP contribution >= 0.6 is 0 Å². The minimum absolute atomic E-state index is 0.0162. The topological polar surface area (TPSA) is 69.0 Å². The second-order valence-corrected chi connectivity index (χ2v) is 5.64. The van der Waals surface area contributed by atoms with Gasteiger partial charge in [0, 0.05) is 18.0 Å². The molecule has 0 aromatic carbocycles. The van der Waals surface area contributed by atoms with Crippen LogP contribution in [0.3, 0.4) is 0 Å². The minimum atomic E-state index is -4.37. The lowest BCUT2D eigenvalue weighted by molar-refractivity contribution is -0.173. The van der Waals surface area contributed by atoms with Gasteiger partial charge in [-0.2, -0.15) is 18.3 Å². The molecule has 0 radical (unpaired) electrons. The summed E-state index contributed by atoms with van der Waals surface area (Å²) in [6.45, 7) is 4.09. The summed E-state index contributed by atoms with van der Waals surface area (Å²) in [6.07, 6.45) is -2.74. The summed E-state index contributed by atoms with van der Waals surface area (Å²) in [4.78, 5) is 16.6. The number of rotatable bonds is 6. The fourth-order valence-electron chi connectivity index (χ4n) is 2.19. The van der Waals surface area contributed by atoms with Crippen molar-refractivity contribution in [1.29, 1.82) is 0 Å². The highest BCUT2D eigenvalue weighted by atomic mass is 19.4. The number of pyridine rings is 1. The van der Waals surface area contributed by atoms with Crippen LogP contribution < -0.4 is 5.32 Å². The Morgan fingerprint density at radius 2 is 2.12 bits per heavy atom. The molecule has 0 saturated carbocycles. The van der Waals surface area contributed by atoms with Gasteiger partial charge in [-0.15, -0.1) is 0 Å². The number of nitrogens with one attached hydrogen (secondary N) is 1. The van der Waals surface area contributed by atoms with Gasteiger partial charge in [0.1, 0.15) is 6.61 Å². The molecule has 0 aliphatic rings. The molecule has 132 valence electrons. The number of alkyl halides is 3. The van der Waals surface area contributed by atoms with Gasteiger partial charge >= 0.3 is 6.18 Å². The number of aryl methyl sites for hydroxylation is 1. The summed E-state index contributed by atoms with van der Waals surface area (Å²) >= 11 is 0. The largest absolute Gasteiger partial charge is 0.411 e.